The lowest BCUT2D eigenvalue weighted by molar-refractivity contribution is -0.151. The maximum Gasteiger partial charge on any atom is 0.313 e. The van der Waals surface area contributed by atoms with Gasteiger partial charge in [0.15, 0.2) is 5.13 Å². The Morgan fingerprint density at radius 1 is 1.43 bits per heavy atom. The molecule has 1 unspecified atom stereocenters. The summed E-state index contributed by atoms with van der Waals surface area (Å²) in [5.74, 6) is 0.0452. The molecule has 3 rings (SSSR count). The third-order valence-electron chi connectivity index (χ3n) is 3.41. The Hall–Kier alpha value is -2.41. The summed E-state index contributed by atoms with van der Waals surface area (Å²) in [5, 5.41) is 4.85. The van der Waals surface area contributed by atoms with E-state index in [1.54, 1.807) is 5.38 Å². The van der Waals surface area contributed by atoms with Crippen LogP contribution in [0.1, 0.15) is 18.2 Å². The first kappa shape index (κ1) is 15.5. The molecule has 1 aliphatic heterocycles. The van der Waals surface area contributed by atoms with Gasteiger partial charge in [-0.15, -0.1) is 11.3 Å². The van der Waals surface area contributed by atoms with E-state index < -0.39 is 0 Å². The fourth-order valence-corrected chi connectivity index (χ4v) is 3.06. The van der Waals surface area contributed by atoms with Crippen molar-refractivity contribution in [3.05, 3.63) is 40.9 Å². The number of benzene rings is 1. The van der Waals surface area contributed by atoms with Crippen LogP contribution in [-0.4, -0.2) is 23.5 Å². The molecule has 0 radical (unpaired) electrons. The van der Waals surface area contributed by atoms with Crippen molar-refractivity contribution in [3.63, 3.8) is 0 Å². The molecule has 120 valence electrons. The number of hydrogen-bond acceptors (Lipinski definition) is 6. The number of nitrogens with zero attached hydrogens (tertiary/aromatic N) is 1. The molecule has 23 heavy (non-hydrogen) atoms. The standard InChI is InChI=1S/C16H16N2O4S/c1-10(19)17-16-18-13(9-23-16)8-22-15(20)12-6-11-4-2-3-5-14(11)21-7-12/h2-5,9,12H,6-8H2,1H3,(H,17,18,19). The molecule has 0 spiro atoms. The number of hydrogen-bond donors (Lipinski definition) is 1. The van der Waals surface area contributed by atoms with Gasteiger partial charge in [-0.1, -0.05) is 18.2 Å². The lowest BCUT2D eigenvalue weighted by atomic mass is 9.97. The highest BCUT2D eigenvalue weighted by Crippen LogP contribution is 2.27. The van der Waals surface area contributed by atoms with Gasteiger partial charge in [0, 0.05) is 12.3 Å². The predicted molar refractivity (Wildman–Crippen MR) is 85.3 cm³/mol. The van der Waals surface area contributed by atoms with Crippen molar-refractivity contribution in [1.82, 2.24) is 4.98 Å². The summed E-state index contributed by atoms with van der Waals surface area (Å²) in [4.78, 5) is 27.3. The number of aromatic nitrogens is 1. The largest absolute Gasteiger partial charge is 0.492 e. The van der Waals surface area contributed by atoms with E-state index in [4.69, 9.17) is 9.47 Å². The molecule has 1 amide bonds. The molecular formula is C16H16N2O4S. The number of thiazole rings is 1. The Bertz CT molecular complexity index is 728. The molecule has 1 aliphatic rings. The highest BCUT2D eigenvalue weighted by atomic mass is 32.1. The molecule has 0 saturated carbocycles. The second-order valence-corrected chi connectivity index (χ2v) is 6.11. The lowest BCUT2D eigenvalue weighted by Gasteiger charge is -2.23. The molecule has 1 aromatic carbocycles. The maximum atomic E-state index is 12.2. The van der Waals surface area contributed by atoms with Crippen LogP contribution < -0.4 is 10.1 Å². The van der Waals surface area contributed by atoms with E-state index in [2.05, 4.69) is 10.3 Å². The van der Waals surface area contributed by atoms with E-state index >= 15 is 0 Å². The van der Waals surface area contributed by atoms with Crippen molar-refractivity contribution in [2.45, 2.75) is 20.0 Å². The molecule has 0 fully saturated rings. The van der Waals surface area contributed by atoms with E-state index in [1.807, 2.05) is 24.3 Å². The predicted octanol–water partition coefficient (Wildman–Crippen LogP) is 2.40. The van der Waals surface area contributed by atoms with Crippen LogP contribution in [0.15, 0.2) is 29.6 Å². The SMILES string of the molecule is CC(=O)Nc1nc(COC(=O)C2COc3ccccc3C2)cs1. The molecule has 2 heterocycles. The fraction of sp³-hybridized carbons (Fsp3) is 0.312. The van der Waals surface area contributed by atoms with Crippen molar-refractivity contribution in [3.8, 4) is 5.75 Å². The summed E-state index contributed by atoms with van der Waals surface area (Å²) in [6.45, 7) is 1.83. The van der Waals surface area contributed by atoms with E-state index in [0.717, 1.165) is 11.3 Å². The van der Waals surface area contributed by atoms with Gasteiger partial charge in [0.2, 0.25) is 5.91 Å². The Balaban J connectivity index is 1.54. The van der Waals surface area contributed by atoms with Gasteiger partial charge in [0.1, 0.15) is 19.0 Å². The average molecular weight is 332 g/mol. The summed E-state index contributed by atoms with van der Waals surface area (Å²) in [6.07, 6.45) is 0.614. The topological polar surface area (TPSA) is 77.5 Å². The first-order valence-electron chi connectivity index (χ1n) is 7.21. The second kappa shape index (κ2) is 6.78. The minimum absolute atomic E-state index is 0.0903. The molecule has 1 aromatic heterocycles. The summed E-state index contributed by atoms with van der Waals surface area (Å²) >= 11 is 1.30. The smallest absolute Gasteiger partial charge is 0.313 e. The van der Waals surface area contributed by atoms with Crippen molar-refractivity contribution in [2.24, 2.45) is 5.92 Å². The molecular weight excluding hydrogens is 316 g/mol. The quantitative estimate of drug-likeness (QED) is 0.870. The monoisotopic (exact) mass is 332 g/mol. The Morgan fingerprint density at radius 3 is 3.09 bits per heavy atom. The molecule has 1 N–H and O–H groups in total. The van der Waals surface area contributed by atoms with Gasteiger partial charge >= 0.3 is 5.97 Å². The van der Waals surface area contributed by atoms with Gasteiger partial charge in [0.05, 0.1) is 11.6 Å². The number of anilines is 1. The van der Waals surface area contributed by atoms with E-state index in [0.29, 0.717) is 23.9 Å². The van der Waals surface area contributed by atoms with Crippen molar-refractivity contribution in [2.75, 3.05) is 11.9 Å². The summed E-state index contributed by atoms with van der Waals surface area (Å²) in [7, 11) is 0. The van der Waals surface area contributed by atoms with E-state index in [1.165, 1.54) is 18.3 Å². The zero-order valence-electron chi connectivity index (χ0n) is 12.6. The van der Waals surface area contributed by atoms with Crippen LogP contribution in [0.4, 0.5) is 5.13 Å². The van der Waals surface area contributed by atoms with E-state index in [-0.39, 0.29) is 24.4 Å². The van der Waals surface area contributed by atoms with E-state index in [9.17, 15) is 9.59 Å². The van der Waals surface area contributed by atoms with Crippen molar-refractivity contribution < 1.29 is 19.1 Å². The third-order valence-corrected chi connectivity index (χ3v) is 4.22. The van der Waals surface area contributed by atoms with Gasteiger partial charge < -0.3 is 14.8 Å². The van der Waals surface area contributed by atoms with Crippen LogP contribution in [0, 0.1) is 5.92 Å². The fourth-order valence-electron chi connectivity index (χ4n) is 2.32. The van der Waals surface area contributed by atoms with Crippen LogP contribution in [0.3, 0.4) is 0 Å². The molecule has 0 aliphatic carbocycles. The summed E-state index contributed by atoms with van der Waals surface area (Å²) in [5.41, 5.74) is 1.63. The molecule has 6 nitrogen and oxygen atoms in total. The maximum absolute atomic E-state index is 12.2. The van der Waals surface area contributed by atoms with Gasteiger partial charge in [-0.25, -0.2) is 4.98 Å². The third kappa shape index (κ3) is 3.87. The highest BCUT2D eigenvalue weighted by Gasteiger charge is 2.27. The van der Waals surface area contributed by atoms with Crippen molar-refractivity contribution in [1.29, 1.82) is 0 Å². The minimum Gasteiger partial charge on any atom is -0.492 e. The molecule has 7 heteroatoms. The molecule has 0 bridgehead atoms. The number of nitrogens with one attached hydrogen (secondary N) is 1. The first-order chi connectivity index (χ1) is 11.1. The first-order valence-corrected chi connectivity index (χ1v) is 8.09. The van der Waals surface area contributed by atoms with Gasteiger partial charge in [0.25, 0.3) is 0 Å². The zero-order chi connectivity index (χ0) is 16.2. The summed E-state index contributed by atoms with van der Waals surface area (Å²) in [6, 6.07) is 7.69. The van der Waals surface area contributed by atoms with Gasteiger partial charge in [-0.05, 0) is 18.1 Å². The molecule has 0 saturated heterocycles. The lowest BCUT2D eigenvalue weighted by Crippen LogP contribution is -2.29. The normalized spacial score (nSPS) is 16.1. The van der Waals surface area contributed by atoms with Crippen molar-refractivity contribution >= 4 is 28.3 Å². The highest BCUT2D eigenvalue weighted by molar-refractivity contribution is 7.13. The Morgan fingerprint density at radius 2 is 2.26 bits per heavy atom. The Labute approximate surface area is 137 Å². The Kier molecular flexibility index (Phi) is 4.57. The number of esters is 1. The number of carbonyl (C=O) groups is 2. The molecule has 2 aromatic rings. The number of rotatable bonds is 4. The average Bonchev–Trinajstić information content (AvgIpc) is 2.98. The van der Waals surface area contributed by atoms with Crippen LogP contribution in [0.2, 0.25) is 0 Å². The summed E-state index contributed by atoms with van der Waals surface area (Å²) < 4.78 is 10.9. The molecule has 1 atom stereocenters. The van der Waals surface area contributed by atoms with Crippen LogP contribution >= 0.6 is 11.3 Å². The number of ether oxygens (including phenoxy) is 2. The number of carbonyl (C=O) groups excluding carboxylic acids is 2. The van der Waals surface area contributed by atoms with Crippen LogP contribution in [-0.2, 0) is 27.4 Å². The van der Waals surface area contributed by atoms with Gasteiger partial charge in [-0.2, -0.15) is 0 Å². The minimum atomic E-state index is -0.307. The zero-order valence-corrected chi connectivity index (χ0v) is 13.4. The van der Waals surface area contributed by atoms with Gasteiger partial charge in [-0.3, -0.25) is 9.59 Å². The van der Waals surface area contributed by atoms with Crippen LogP contribution in [0.5, 0.6) is 5.75 Å². The number of para-hydroxylation sites is 1. The number of fused-ring (bicyclic) bond motifs is 1. The van der Waals surface area contributed by atoms with Crippen LogP contribution in [0.25, 0.3) is 0 Å². The number of amides is 1. The second-order valence-electron chi connectivity index (χ2n) is 5.25.